The number of hydrogen-bond donors (Lipinski definition) is 0. The summed E-state index contributed by atoms with van der Waals surface area (Å²) in [6.07, 6.45) is 0. The minimum absolute atomic E-state index is 0.672. The minimum Gasteiger partial charge on any atom is -0.0622 e. The molecule has 1 fully saturated rings. The van der Waals surface area contributed by atoms with E-state index in [0.29, 0.717) is 35.5 Å². The fraction of sp³-hybridized carbons (Fsp3) is 0.455. The molecule has 1 aliphatic rings. The molecule has 3 rings (SSSR count). The summed E-state index contributed by atoms with van der Waals surface area (Å²) in [5, 5.41) is 0. The molecule has 116 valence electrons. The highest BCUT2D eigenvalue weighted by atomic mass is 14.5. The van der Waals surface area contributed by atoms with E-state index in [0.717, 1.165) is 0 Å². The zero-order chi connectivity index (χ0) is 15.7. The molecule has 0 bridgehead atoms. The molecule has 2 aromatic carbocycles. The normalized spacial score (nSPS) is 35.3. The summed E-state index contributed by atoms with van der Waals surface area (Å²) in [5.41, 5.74) is 3.04. The molecular formula is C22H28. The summed E-state index contributed by atoms with van der Waals surface area (Å²) in [7, 11) is 0. The summed E-state index contributed by atoms with van der Waals surface area (Å²) in [6.45, 7) is 9.84. The van der Waals surface area contributed by atoms with Crippen LogP contribution < -0.4 is 0 Å². The van der Waals surface area contributed by atoms with Crippen LogP contribution in [0.25, 0.3) is 0 Å². The average molecular weight is 292 g/mol. The Balaban J connectivity index is 1.95. The third kappa shape index (κ3) is 2.60. The van der Waals surface area contributed by atoms with Crippen molar-refractivity contribution in [3.05, 3.63) is 71.8 Å². The molecule has 4 atom stereocenters. The zero-order valence-electron chi connectivity index (χ0n) is 14.2. The molecule has 0 aromatic heterocycles. The van der Waals surface area contributed by atoms with Crippen LogP contribution in [0.4, 0.5) is 0 Å². The highest BCUT2D eigenvalue weighted by Gasteiger charge is 2.43. The van der Waals surface area contributed by atoms with Gasteiger partial charge in [0.1, 0.15) is 0 Å². The van der Waals surface area contributed by atoms with Crippen LogP contribution in [0.2, 0.25) is 0 Å². The quantitative estimate of drug-likeness (QED) is 0.626. The monoisotopic (exact) mass is 292 g/mol. The second-order valence-corrected chi connectivity index (χ2v) is 7.31. The molecule has 0 nitrogen and oxygen atoms in total. The van der Waals surface area contributed by atoms with Crippen molar-refractivity contribution < 1.29 is 0 Å². The minimum atomic E-state index is 0.672. The maximum Gasteiger partial charge on any atom is -0.0105 e. The lowest BCUT2D eigenvalue weighted by Crippen LogP contribution is -2.39. The highest BCUT2D eigenvalue weighted by molar-refractivity contribution is 5.27. The summed E-state index contributed by atoms with van der Waals surface area (Å²) in [5.74, 6) is 4.17. The predicted octanol–water partition coefficient (Wildman–Crippen LogP) is 6.11. The van der Waals surface area contributed by atoms with E-state index in [-0.39, 0.29) is 0 Å². The third-order valence-corrected chi connectivity index (χ3v) is 6.29. The first-order valence-electron chi connectivity index (χ1n) is 8.71. The zero-order valence-corrected chi connectivity index (χ0v) is 14.2. The van der Waals surface area contributed by atoms with E-state index < -0.39 is 0 Å². The molecule has 0 spiro atoms. The Labute approximate surface area is 135 Å². The Kier molecular flexibility index (Phi) is 4.38. The first-order valence-corrected chi connectivity index (χ1v) is 8.71. The lowest BCUT2D eigenvalue weighted by molar-refractivity contribution is 0.0921. The van der Waals surface area contributed by atoms with Gasteiger partial charge in [0.05, 0.1) is 0 Å². The van der Waals surface area contributed by atoms with Crippen LogP contribution in [0.15, 0.2) is 60.7 Å². The van der Waals surface area contributed by atoms with E-state index in [1.54, 1.807) is 0 Å². The van der Waals surface area contributed by atoms with Gasteiger partial charge in [-0.25, -0.2) is 0 Å². The van der Waals surface area contributed by atoms with Gasteiger partial charge in [-0.15, -0.1) is 0 Å². The molecule has 0 saturated heterocycles. The summed E-state index contributed by atoms with van der Waals surface area (Å²) >= 11 is 0. The molecule has 4 unspecified atom stereocenters. The standard InChI is InChI=1S/C22H28/c1-15-16(2)22(20-13-9-6-10-14-20)18(4)17(3)21(15)19-11-7-5-8-12-19/h5-18,21-22H,1-4H3. The highest BCUT2D eigenvalue weighted by Crippen LogP contribution is 2.53. The maximum absolute atomic E-state index is 2.46. The van der Waals surface area contributed by atoms with E-state index in [1.807, 2.05) is 0 Å². The van der Waals surface area contributed by atoms with Gasteiger partial charge in [-0.3, -0.25) is 0 Å². The van der Waals surface area contributed by atoms with Crippen LogP contribution in [0.5, 0.6) is 0 Å². The Hall–Kier alpha value is -1.56. The molecule has 0 N–H and O–H groups in total. The predicted molar refractivity (Wildman–Crippen MR) is 95.0 cm³/mol. The van der Waals surface area contributed by atoms with Crippen molar-refractivity contribution in [1.29, 1.82) is 0 Å². The summed E-state index contributed by atoms with van der Waals surface area (Å²) in [6, 6.07) is 22.3. The van der Waals surface area contributed by atoms with Crippen molar-refractivity contribution in [1.82, 2.24) is 0 Å². The molecule has 0 amide bonds. The van der Waals surface area contributed by atoms with Gasteiger partial charge in [0.2, 0.25) is 0 Å². The summed E-state index contributed by atoms with van der Waals surface area (Å²) < 4.78 is 0. The van der Waals surface area contributed by atoms with Gasteiger partial charge in [0.15, 0.2) is 0 Å². The van der Waals surface area contributed by atoms with E-state index in [1.165, 1.54) is 11.1 Å². The van der Waals surface area contributed by atoms with E-state index >= 15 is 0 Å². The molecule has 1 saturated carbocycles. The van der Waals surface area contributed by atoms with Gasteiger partial charge in [-0.1, -0.05) is 88.4 Å². The molecule has 1 aliphatic carbocycles. The van der Waals surface area contributed by atoms with Crippen LogP contribution in [0, 0.1) is 23.7 Å². The first kappa shape index (κ1) is 15.3. The van der Waals surface area contributed by atoms with Crippen molar-refractivity contribution >= 4 is 0 Å². The van der Waals surface area contributed by atoms with Gasteiger partial charge in [0, 0.05) is 0 Å². The Morgan fingerprint density at radius 1 is 0.455 bits per heavy atom. The van der Waals surface area contributed by atoms with Gasteiger partial charge in [-0.2, -0.15) is 0 Å². The third-order valence-electron chi connectivity index (χ3n) is 6.29. The van der Waals surface area contributed by atoms with E-state index in [9.17, 15) is 0 Å². The second kappa shape index (κ2) is 6.28. The average Bonchev–Trinajstić information content (AvgIpc) is 2.55. The van der Waals surface area contributed by atoms with Crippen molar-refractivity contribution in [3.63, 3.8) is 0 Å². The molecular weight excluding hydrogens is 264 g/mol. The SMILES string of the molecule is CC1C(C)C(c2ccccc2)C(C)C(C)C1c1ccccc1. The van der Waals surface area contributed by atoms with E-state index in [4.69, 9.17) is 0 Å². The number of benzene rings is 2. The Bertz CT molecular complexity index is 514. The Morgan fingerprint density at radius 3 is 1.00 bits per heavy atom. The van der Waals surface area contributed by atoms with Gasteiger partial charge in [-0.05, 0) is 46.6 Å². The molecule has 2 aromatic rings. The first-order chi connectivity index (χ1) is 10.6. The molecule has 0 radical (unpaired) electrons. The van der Waals surface area contributed by atoms with Crippen LogP contribution in [0.1, 0.15) is 50.7 Å². The fourth-order valence-electron chi connectivity index (χ4n) is 4.83. The fourth-order valence-corrected chi connectivity index (χ4v) is 4.83. The smallest absolute Gasteiger partial charge is 0.0105 e. The topological polar surface area (TPSA) is 0 Å². The van der Waals surface area contributed by atoms with Crippen molar-refractivity contribution in [3.8, 4) is 0 Å². The van der Waals surface area contributed by atoms with Crippen LogP contribution in [0.3, 0.4) is 0 Å². The van der Waals surface area contributed by atoms with Crippen molar-refractivity contribution in [2.75, 3.05) is 0 Å². The molecule has 0 heteroatoms. The second-order valence-electron chi connectivity index (χ2n) is 7.31. The number of rotatable bonds is 2. The van der Waals surface area contributed by atoms with Crippen molar-refractivity contribution in [2.24, 2.45) is 23.7 Å². The lowest BCUT2D eigenvalue weighted by Gasteiger charge is -2.49. The van der Waals surface area contributed by atoms with Gasteiger partial charge >= 0.3 is 0 Å². The van der Waals surface area contributed by atoms with E-state index in [2.05, 4.69) is 88.4 Å². The molecule has 22 heavy (non-hydrogen) atoms. The molecule has 0 heterocycles. The van der Waals surface area contributed by atoms with Crippen LogP contribution in [-0.4, -0.2) is 0 Å². The number of hydrogen-bond acceptors (Lipinski definition) is 0. The van der Waals surface area contributed by atoms with Crippen LogP contribution >= 0.6 is 0 Å². The largest absolute Gasteiger partial charge is 0.0622 e. The molecule has 0 aliphatic heterocycles. The van der Waals surface area contributed by atoms with Gasteiger partial charge < -0.3 is 0 Å². The lowest BCUT2D eigenvalue weighted by atomic mass is 9.56. The van der Waals surface area contributed by atoms with Crippen molar-refractivity contribution in [2.45, 2.75) is 39.5 Å². The van der Waals surface area contributed by atoms with Crippen LogP contribution in [-0.2, 0) is 0 Å². The van der Waals surface area contributed by atoms with Gasteiger partial charge in [0.25, 0.3) is 0 Å². The summed E-state index contributed by atoms with van der Waals surface area (Å²) in [4.78, 5) is 0. The Morgan fingerprint density at radius 2 is 0.727 bits per heavy atom. The maximum atomic E-state index is 2.46.